The quantitative estimate of drug-likeness (QED) is 0.510. The van der Waals surface area contributed by atoms with Crippen LogP contribution < -0.4 is 15.0 Å². The van der Waals surface area contributed by atoms with E-state index in [0.29, 0.717) is 30.2 Å². The number of amides is 2. The zero-order valence-corrected chi connectivity index (χ0v) is 18.8. The molecule has 2 aromatic heterocycles. The van der Waals surface area contributed by atoms with Gasteiger partial charge in [0.05, 0.1) is 25.0 Å². The molecule has 0 unspecified atom stereocenters. The largest absolute Gasteiger partial charge is 0.495 e. The predicted octanol–water partition coefficient (Wildman–Crippen LogP) is 3.73. The molecule has 168 valence electrons. The second-order valence-corrected chi connectivity index (χ2v) is 8.26. The molecule has 1 N–H and O–H groups in total. The number of nitrogens with one attached hydrogen (secondary N) is 1. The number of ether oxygens (including phenoxy) is 1. The van der Waals surface area contributed by atoms with E-state index in [4.69, 9.17) is 9.84 Å². The van der Waals surface area contributed by atoms with E-state index in [1.807, 2.05) is 56.6 Å². The number of aryl methyl sites for hydroxylation is 3. The molecular weight excluding hydrogens is 418 g/mol. The molecule has 3 heterocycles. The number of hydrogen-bond acceptors (Lipinski definition) is 4. The van der Waals surface area contributed by atoms with Gasteiger partial charge in [0, 0.05) is 42.2 Å². The van der Waals surface area contributed by atoms with E-state index in [2.05, 4.69) is 22.0 Å². The highest BCUT2D eigenvalue weighted by Gasteiger charge is 2.29. The summed E-state index contributed by atoms with van der Waals surface area (Å²) >= 11 is 0. The molecule has 8 nitrogen and oxygen atoms in total. The maximum absolute atomic E-state index is 12.9. The Bertz CT molecular complexity index is 1380. The van der Waals surface area contributed by atoms with Crippen molar-refractivity contribution in [2.45, 2.75) is 19.9 Å². The molecule has 0 bridgehead atoms. The van der Waals surface area contributed by atoms with Crippen LogP contribution in [0.2, 0.25) is 0 Å². The second-order valence-electron chi connectivity index (χ2n) is 8.26. The lowest BCUT2D eigenvalue weighted by Gasteiger charge is -2.27. The first-order valence-electron chi connectivity index (χ1n) is 10.8. The van der Waals surface area contributed by atoms with E-state index in [9.17, 15) is 9.59 Å². The van der Waals surface area contributed by atoms with Crippen LogP contribution in [0.3, 0.4) is 0 Å². The van der Waals surface area contributed by atoms with Gasteiger partial charge in [0.25, 0.3) is 0 Å². The van der Waals surface area contributed by atoms with Gasteiger partial charge < -0.3 is 14.6 Å². The zero-order chi connectivity index (χ0) is 23.1. The Kier molecular flexibility index (Phi) is 5.12. The highest BCUT2D eigenvalue weighted by atomic mass is 16.5. The topological polar surface area (TPSA) is 81.4 Å². The number of para-hydroxylation sites is 1. The van der Waals surface area contributed by atoms with E-state index in [1.165, 1.54) is 4.90 Å². The van der Waals surface area contributed by atoms with Crippen molar-refractivity contribution >= 4 is 34.2 Å². The molecule has 4 aromatic rings. The van der Waals surface area contributed by atoms with Gasteiger partial charge in [-0.25, -0.2) is 4.68 Å². The van der Waals surface area contributed by atoms with Crippen molar-refractivity contribution in [1.82, 2.24) is 14.3 Å². The fourth-order valence-electron chi connectivity index (χ4n) is 4.35. The summed E-state index contributed by atoms with van der Waals surface area (Å²) in [5, 5.41) is 8.73. The van der Waals surface area contributed by atoms with Crippen LogP contribution in [-0.2, 0) is 23.2 Å². The first kappa shape index (κ1) is 20.8. The van der Waals surface area contributed by atoms with E-state index in [0.717, 1.165) is 27.7 Å². The van der Waals surface area contributed by atoms with Crippen LogP contribution in [0.25, 0.3) is 22.2 Å². The average Bonchev–Trinajstić information content (AvgIpc) is 3.37. The number of carbonyl (C=O) groups excluding carboxylic acids is 2. The molecule has 2 amide bonds. The standard InChI is InChI=1S/C25H25N5O3/c1-16-8-9-22(33-3)20(12-16)26-23(31)15-29-24-13-19(27-30(24)11-10-25(29)32)18-14-28(2)21-7-5-4-6-17(18)21/h4-9,12-14H,10-11,15H2,1-3H3,(H,26,31). The molecular formula is C25H25N5O3. The number of anilines is 2. The lowest BCUT2D eigenvalue weighted by atomic mass is 10.1. The van der Waals surface area contributed by atoms with Crippen molar-refractivity contribution in [3.63, 3.8) is 0 Å². The van der Waals surface area contributed by atoms with Gasteiger partial charge in [-0.05, 0) is 30.7 Å². The lowest BCUT2D eigenvalue weighted by molar-refractivity contribution is -0.122. The van der Waals surface area contributed by atoms with E-state index in [-0.39, 0.29) is 18.4 Å². The van der Waals surface area contributed by atoms with Crippen LogP contribution in [0.5, 0.6) is 5.75 Å². The average molecular weight is 444 g/mol. The summed E-state index contributed by atoms with van der Waals surface area (Å²) in [6.45, 7) is 2.33. The van der Waals surface area contributed by atoms with Crippen LogP contribution in [-0.4, -0.2) is 39.8 Å². The van der Waals surface area contributed by atoms with Gasteiger partial charge >= 0.3 is 0 Å². The number of hydrogen-bond donors (Lipinski definition) is 1. The Balaban J connectivity index is 1.44. The summed E-state index contributed by atoms with van der Waals surface area (Å²) in [4.78, 5) is 27.1. The smallest absolute Gasteiger partial charge is 0.244 e. The summed E-state index contributed by atoms with van der Waals surface area (Å²) in [6, 6.07) is 15.6. The number of benzene rings is 2. The molecule has 1 aliphatic heterocycles. The van der Waals surface area contributed by atoms with Gasteiger partial charge in [0.15, 0.2) is 0 Å². The van der Waals surface area contributed by atoms with E-state index >= 15 is 0 Å². The van der Waals surface area contributed by atoms with E-state index in [1.54, 1.807) is 11.8 Å². The monoisotopic (exact) mass is 443 g/mol. The van der Waals surface area contributed by atoms with Crippen molar-refractivity contribution < 1.29 is 14.3 Å². The Morgan fingerprint density at radius 2 is 2.00 bits per heavy atom. The third-order valence-electron chi connectivity index (χ3n) is 5.98. The Labute approximate surface area is 191 Å². The van der Waals surface area contributed by atoms with Gasteiger partial charge in [-0.3, -0.25) is 14.5 Å². The highest BCUT2D eigenvalue weighted by molar-refractivity contribution is 6.04. The van der Waals surface area contributed by atoms with Crippen LogP contribution in [0.1, 0.15) is 12.0 Å². The minimum absolute atomic E-state index is 0.0989. The van der Waals surface area contributed by atoms with Crippen molar-refractivity contribution in [3.8, 4) is 17.0 Å². The molecule has 0 radical (unpaired) electrons. The normalized spacial score (nSPS) is 13.3. The zero-order valence-electron chi connectivity index (χ0n) is 18.8. The van der Waals surface area contributed by atoms with Crippen LogP contribution in [0.4, 0.5) is 11.5 Å². The number of rotatable bonds is 5. The second kappa shape index (κ2) is 8.12. The van der Waals surface area contributed by atoms with Gasteiger partial charge in [0.1, 0.15) is 18.1 Å². The van der Waals surface area contributed by atoms with E-state index < -0.39 is 0 Å². The van der Waals surface area contributed by atoms with Gasteiger partial charge in [0.2, 0.25) is 11.8 Å². The highest BCUT2D eigenvalue weighted by Crippen LogP contribution is 2.33. The van der Waals surface area contributed by atoms with Crippen molar-refractivity contribution in [2.75, 3.05) is 23.9 Å². The summed E-state index contributed by atoms with van der Waals surface area (Å²) < 4.78 is 9.22. The molecule has 0 aliphatic carbocycles. The number of nitrogens with zero attached hydrogens (tertiary/aromatic N) is 4. The lowest BCUT2D eigenvalue weighted by Crippen LogP contribution is -2.42. The van der Waals surface area contributed by atoms with Crippen LogP contribution in [0.15, 0.2) is 54.7 Å². The molecule has 0 saturated heterocycles. The molecule has 0 spiro atoms. The maximum Gasteiger partial charge on any atom is 0.244 e. The van der Waals surface area contributed by atoms with Gasteiger partial charge in [-0.2, -0.15) is 5.10 Å². The Morgan fingerprint density at radius 3 is 2.82 bits per heavy atom. The molecule has 5 rings (SSSR count). The summed E-state index contributed by atoms with van der Waals surface area (Å²) in [5.74, 6) is 0.801. The fourth-order valence-corrected chi connectivity index (χ4v) is 4.35. The molecule has 8 heteroatoms. The summed E-state index contributed by atoms with van der Waals surface area (Å²) in [6.07, 6.45) is 2.34. The van der Waals surface area contributed by atoms with Gasteiger partial charge in [-0.1, -0.05) is 24.3 Å². The number of fused-ring (bicyclic) bond motifs is 2. The predicted molar refractivity (Wildman–Crippen MR) is 127 cm³/mol. The Morgan fingerprint density at radius 1 is 1.18 bits per heavy atom. The minimum atomic E-state index is -0.298. The summed E-state index contributed by atoms with van der Waals surface area (Å²) in [5.41, 5.74) is 4.46. The van der Waals surface area contributed by atoms with Crippen LogP contribution >= 0.6 is 0 Å². The van der Waals surface area contributed by atoms with Crippen molar-refractivity contribution in [3.05, 3.63) is 60.3 Å². The Hall–Kier alpha value is -4.07. The third-order valence-corrected chi connectivity index (χ3v) is 5.98. The molecule has 0 fully saturated rings. The first-order valence-corrected chi connectivity index (χ1v) is 10.8. The molecule has 2 aromatic carbocycles. The van der Waals surface area contributed by atoms with Gasteiger partial charge in [-0.15, -0.1) is 0 Å². The van der Waals surface area contributed by atoms with Crippen molar-refractivity contribution in [2.24, 2.45) is 7.05 Å². The first-order chi connectivity index (χ1) is 15.9. The molecule has 0 saturated carbocycles. The van der Waals surface area contributed by atoms with Crippen molar-refractivity contribution in [1.29, 1.82) is 0 Å². The number of methoxy groups -OCH3 is 1. The van der Waals surface area contributed by atoms with Crippen LogP contribution in [0, 0.1) is 6.92 Å². The fraction of sp³-hybridized carbons (Fsp3) is 0.240. The third kappa shape index (κ3) is 3.73. The molecule has 1 aliphatic rings. The summed E-state index contributed by atoms with van der Waals surface area (Å²) in [7, 11) is 3.56. The number of carbonyl (C=O) groups is 2. The molecule has 33 heavy (non-hydrogen) atoms. The minimum Gasteiger partial charge on any atom is -0.495 e. The number of aromatic nitrogens is 3. The SMILES string of the molecule is COc1ccc(C)cc1NC(=O)CN1C(=O)CCn2nc(-c3cn(C)c4ccccc34)cc21. The maximum atomic E-state index is 12.9. The molecule has 0 atom stereocenters.